The number of rotatable bonds is 13. The highest BCUT2D eigenvalue weighted by molar-refractivity contribution is 6.88. The van der Waals surface area contributed by atoms with Crippen LogP contribution in [0.2, 0.25) is 19.6 Å². The summed E-state index contributed by atoms with van der Waals surface area (Å²) in [6, 6.07) is 13.5. The smallest absolute Gasteiger partial charge is 0.423 e. The summed E-state index contributed by atoms with van der Waals surface area (Å²) in [7, 11) is -2.73. The molecule has 0 aromatic heterocycles. The van der Waals surface area contributed by atoms with Crippen LogP contribution < -0.4 is 10.6 Å². The van der Waals surface area contributed by atoms with Crippen molar-refractivity contribution in [3.8, 4) is 11.1 Å². The molecule has 2 N–H and O–H groups in total. The predicted octanol–water partition coefficient (Wildman–Crippen LogP) is 5.82. The van der Waals surface area contributed by atoms with Gasteiger partial charge in [-0.15, -0.1) is 0 Å². The molecule has 0 radical (unpaired) electrons. The van der Waals surface area contributed by atoms with E-state index in [1.165, 1.54) is 60.4 Å². The van der Waals surface area contributed by atoms with E-state index in [0.29, 0.717) is 5.46 Å². The molecular weight excluding hydrogens is 395 g/mol. The highest BCUT2D eigenvalue weighted by Gasteiger charge is 2.20. The van der Waals surface area contributed by atoms with E-state index < -0.39 is 15.2 Å². The third-order valence-electron chi connectivity index (χ3n) is 6.30. The van der Waals surface area contributed by atoms with Crippen molar-refractivity contribution in [1.82, 2.24) is 0 Å². The summed E-state index contributed by atoms with van der Waals surface area (Å²) in [6.45, 7) is 11.6. The summed E-state index contributed by atoms with van der Waals surface area (Å²) < 4.78 is 0. The number of benzene rings is 2. The van der Waals surface area contributed by atoms with E-state index in [0.717, 1.165) is 31.2 Å². The maximum absolute atomic E-state index is 10.1. The van der Waals surface area contributed by atoms with Crippen LogP contribution in [-0.4, -0.2) is 25.2 Å². The molecule has 2 aromatic carbocycles. The van der Waals surface area contributed by atoms with Crippen LogP contribution >= 0.6 is 0 Å². The van der Waals surface area contributed by atoms with Crippen LogP contribution in [0, 0.1) is 0 Å². The molecule has 0 aliphatic heterocycles. The molecule has 0 aliphatic carbocycles. The lowest BCUT2D eigenvalue weighted by molar-refractivity contribution is 0.425. The van der Waals surface area contributed by atoms with E-state index in [9.17, 15) is 10.0 Å². The first-order chi connectivity index (χ1) is 14.8. The molecule has 31 heavy (non-hydrogen) atoms. The van der Waals surface area contributed by atoms with Gasteiger partial charge in [-0.1, -0.05) is 114 Å². The Balaban J connectivity index is 2.42. The molecule has 0 heterocycles. The Morgan fingerprint density at radius 3 is 1.74 bits per heavy atom. The zero-order chi connectivity index (χ0) is 22.9. The van der Waals surface area contributed by atoms with Crippen molar-refractivity contribution in [2.45, 2.75) is 97.7 Å². The summed E-state index contributed by atoms with van der Waals surface area (Å²) in [5, 5.41) is 21.7. The van der Waals surface area contributed by atoms with Gasteiger partial charge in [0.15, 0.2) is 0 Å². The van der Waals surface area contributed by atoms with Gasteiger partial charge in [0.2, 0.25) is 0 Å². The van der Waals surface area contributed by atoms with Crippen LogP contribution in [-0.2, 0) is 12.8 Å². The van der Waals surface area contributed by atoms with Gasteiger partial charge in [-0.3, -0.25) is 0 Å². The van der Waals surface area contributed by atoms with Gasteiger partial charge in [-0.05, 0) is 53.4 Å². The predicted molar refractivity (Wildman–Crippen MR) is 140 cm³/mol. The molecule has 0 saturated heterocycles. The topological polar surface area (TPSA) is 40.5 Å². The van der Waals surface area contributed by atoms with Crippen LogP contribution in [0.5, 0.6) is 0 Å². The van der Waals surface area contributed by atoms with Crippen LogP contribution in [0.15, 0.2) is 36.4 Å². The second-order valence-corrected chi connectivity index (χ2v) is 15.1. The second-order valence-electron chi connectivity index (χ2n) is 10.0. The monoisotopic (exact) mass is 438 g/mol. The fourth-order valence-corrected chi connectivity index (χ4v) is 5.44. The molecule has 0 saturated carbocycles. The average Bonchev–Trinajstić information content (AvgIpc) is 2.74. The third-order valence-corrected chi connectivity index (χ3v) is 8.37. The lowest BCUT2D eigenvalue weighted by atomic mass is 9.73. The van der Waals surface area contributed by atoms with Gasteiger partial charge < -0.3 is 10.0 Å². The standard InChI is InChI=1S/C27H43BO2Si/c1-6-8-10-12-14-23-21-27(28(29)30)24(15-13-11-9-7-2)20-26(23)22-16-18-25(19-17-22)31(3,4)5/h16-21,29-30H,6-15H2,1-5H3. The second kappa shape index (κ2) is 12.6. The van der Waals surface area contributed by atoms with E-state index in [1.54, 1.807) is 0 Å². The normalized spacial score (nSPS) is 11.7. The quantitative estimate of drug-likeness (QED) is 0.305. The Bertz CT molecular complexity index is 794. The molecular formula is C27H43BO2Si. The minimum atomic E-state index is -1.40. The summed E-state index contributed by atoms with van der Waals surface area (Å²) in [4.78, 5) is 0. The molecule has 0 unspecified atom stereocenters. The molecule has 0 spiro atoms. The number of unbranched alkanes of at least 4 members (excludes halogenated alkanes) is 6. The van der Waals surface area contributed by atoms with E-state index in [-0.39, 0.29) is 0 Å². The number of aryl methyl sites for hydroxylation is 2. The van der Waals surface area contributed by atoms with Crippen molar-refractivity contribution in [3.05, 3.63) is 47.5 Å². The van der Waals surface area contributed by atoms with Crippen molar-refractivity contribution in [1.29, 1.82) is 0 Å². The van der Waals surface area contributed by atoms with Gasteiger partial charge in [0.25, 0.3) is 0 Å². The fourth-order valence-electron chi connectivity index (χ4n) is 4.28. The molecule has 0 bridgehead atoms. The van der Waals surface area contributed by atoms with Gasteiger partial charge >= 0.3 is 7.12 Å². The highest BCUT2D eigenvalue weighted by atomic mass is 28.3. The molecule has 0 amide bonds. The average molecular weight is 439 g/mol. The van der Waals surface area contributed by atoms with Gasteiger partial charge in [0, 0.05) is 0 Å². The maximum Gasteiger partial charge on any atom is 0.488 e. The Kier molecular flexibility index (Phi) is 10.5. The molecule has 0 atom stereocenters. The lowest BCUT2D eigenvalue weighted by Crippen LogP contribution is -2.37. The molecule has 0 fully saturated rings. The Labute approximate surface area is 192 Å². The van der Waals surface area contributed by atoms with Gasteiger partial charge in [-0.2, -0.15) is 0 Å². The van der Waals surface area contributed by atoms with Crippen molar-refractivity contribution in [2.24, 2.45) is 0 Å². The third kappa shape index (κ3) is 7.93. The first kappa shape index (κ1) is 25.9. The summed E-state index contributed by atoms with van der Waals surface area (Å²) >= 11 is 0. The lowest BCUT2D eigenvalue weighted by Gasteiger charge is -2.19. The van der Waals surface area contributed by atoms with Crippen molar-refractivity contribution < 1.29 is 10.0 Å². The van der Waals surface area contributed by atoms with E-state index in [4.69, 9.17) is 0 Å². The van der Waals surface area contributed by atoms with E-state index in [2.05, 4.69) is 69.9 Å². The highest BCUT2D eigenvalue weighted by Crippen LogP contribution is 2.27. The zero-order valence-corrected chi connectivity index (χ0v) is 21.5. The van der Waals surface area contributed by atoms with Crippen molar-refractivity contribution >= 4 is 25.8 Å². The van der Waals surface area contributed by atoms with Crippen LogP contribution in [0.25, 0.3) is 11.1 Å². The van der Waals surface area contributed by atoms with Gasteiger partial charge in [0.1, 0.15) is 0 Å². The number of hydrogen-bond donors (Lipinski definition) is 2. The van der Waals surface area contributed by atoms with E-state index >= 15 is 0 Å². The summed E-state index contributed by atoms with van der Waals surface area (Å²) in [5.74, 6) is 0. The maximum atomic E-state index is 10.1. The van der Waals surface area contributed by atoms with Crippen molar-refractivity contribution in [2.75, 3.05) is 0 Å². The summed E-state index contributed by atoms with van der Waals surface area (Å²) in [5.41, 5.74) is 5.56. The molecule has 2 aromatic rings. The largest absolute Gasteiger partial charge is 0.488 e. The first-order valence-electron chi connectivity index (χ1n) is 12.4. The SMILES string of the molecule is CCCCCCc1cc(-c2ccc([Si](C)(C)C)cc2)c(CCCCCC)cc1B(O)O. The number of hydrogen-bond acceptors (Lipinski definition) is 2. The Hall–Kier alpha value is -1.36. The molecule has 2 nitrogen and oxygen atoms in total. The minimum absolute atomic E-state index is 0.699. The minimum Gasteiger partial charge on any atom is -0.423 e. The first-order valence-corrected chi connectivity index (χ1v) is 15.9. The van der Waals surface area contributed by atoms with E-state index in [1.807, 2.05) is 0 Å². The molecule has 2 rings (SSSR count). The molecule has 170 valence electrons. The Morgan fingerprint density at radius 1 is 0.710 bits per heavy atom. The summed E-state index contributed by atoms with van der Waals surface area (Å²) in [6.07, 6.45) is 11.5. The van der Waals surface area contributed by atoms with Crippen molar-refractivity contribution in [3.63, 3.8) is 0 Å². The van der Waals surface area contributed by atoms with Crippen LogP contribution in [0.1, 0.15) is 76.3 Å². The van der Waals surface area contributed by atoms with Crippen LogP contribution in [0.4, 0.5) is 0 Å². The van der Waals surface area contributed by atoms with Gasteiger partial charge in [0.05, 0.1) is 8.07 Å². The molecule has 4 heteroatoms. The van der Waals surface area contributed by atoms with Crippen LogP contribution in [0.3, 0.4) is 0 Å². The fraction of sp³-hybridized carbons (Fsp3) is 0.556. The Morgan fingerprint density at radius 2 is 1.26 bits per heavy atom. The molecule has 0 aliphatic rings. The van der Waals surface area contributed by atoms with Gasteiger partial charge in [-0.25, -0.2) is 0 Å². The zero-order valence-electron chi connectivity index (χ0n) is 20.5.